The van der Waals surface area contributed by atoms with E-state index < -0.39 is 0 Å². The van der Waals surface area contributed by atoms with Gasteiger partial charge in [0.15, 0.2) is 0 Å². The molecule has 0 unspecified atom stereocenters. The van der Waals surface area contributed by atoms with Crippen LogP contribution in [-0.2, 0) is 10.2 Å². The molecule has 0 amide bonds. The molecule has 14 heavy (non-hydrogen) atoms. The fourth-order valence-corrected chi connectivity index (χ4v) is 1.25. The summed E-state index contributed by atoms with van der Waals surface area (Å²) in [5, 5.41) is 3.18. The maximum Gasteiger partial charge on any atom is 0.116 e. The quantitative estimate of drug-likeness (QED) is 0.745. The summed E-state index contributed by atoms with van der Waals surface area (Å²) in [6, 6.07) is 8.43. The van der Waals surface area contributed by atoms with E-state index in [0.717, 1.165) is 5.69 Å². The first-order chi connectivity index (χ1) is 6.54. The normalized spacial score (nSPS) is 11.4. The van der Waals surface area contributed by atoms with Gasteiger partial charge in [-0.25, -0.2) is 0 Å². The van der Waals surface area contributed by atoms with E-state index in [1.54, 1.807) is 7.11 Å². The van der Waals surface area contributed by atoms with Gasteiger partial charge in [0.05, 0.1) is 0 Å². The third-order valence-corrected chi connectivity index (χ3v) is 2.15. The van der Waals surface area contributed by atoms with Crippen LogP contribution < -0.4 is 5.32 Å². The van der Waals surface area contributed by atoms with Gasteiger partial charge in [0, 0.05) is 12.8 Å². The maximum atomic E-state index is 4.96. The number of hydrogen-bond acceptors (Lipinski definition) is 2. The van der Waals surface area contributed by atoms with Gasteiger partial charge in [0.2, 0.25) is 0 Å². The number of anilines is 1. The van der Waals surface area contributed by atoms with Crippen LogP contribution >= 0.6 is 0 Å². The van der Waals surface area contributed by atoms with Crippen molar-refractivity contribution in [2.45, 2.75) is 26.2 Å². The second kappa shape index (κ2) is 4.47. The lowest BCUT2D eigenvalue weighted by molar-refractivity contribution is 0.221. The second-order valence-corrected chi connectivity index (χ2v) is 4.44. The summed E-state index contributed by atoms with van der Waals surface area (Å²) >= 11 is 0. The highest BCUT2D eigenvalue weighted by Crippen LogP contribution is 2.24. The van der Waals surface area contributed by atoms with Gasteiger partial charge in [-0.15, -0.1) is 0 Å². The summed E-state index contributed by atoms with van der Waals surface area (Å²) in [6.45, 7) is 7.18. The van der Waals surface area contributed by atoms with Crippen molar-refractivity contribution >= 4 is 5.69 Å². The number of nitrogens with one attached hydrogen (secondary N) is 1. The highest BCUT2D eigenvalue weighted by molar-refractivity contribution is 5.46. The summed E-state index contributed by atoms with van der Waals surface area (Å²) in [7, 11) is 1.68. The van der Waals surface area contributed by atoms with Gasteiger partial charge >= 0.3 is 0 Å². The van der Waals surface area contributed by atoms with Crippen molar-refractivity contribution in [3.63, 3.8) is 0 Å². The number of methoxy groups -OCH3 is 1. The standard InChI is InChI=1S/C12H19NO/c1-12(2,3)10-6-5-7-11(8-10)13-9-14-4/h5-8,13H,9H2,1-4H3. The molecule has 0 aliphatic rings. The predicted molar refractivity (Wildman–Crippen MR) is 60.6 cm³/mol. The van der Waals surface area contributed by atoms with E-state index in [-0.39, 0.29) is 5.41 Å². The molecule has 0 fully saturated rings. The fourth-order valence-electron chi connectivity index (χ4n) is 1.25. The van der Waals surface area contributed by atoms with Crippen molar-refractivity contribution in [2.75, 3.05) is 19.2 Å². The molecule has 0 aromatic heterocycles. The van der Waals surface area contributed by atoms with Crippen molar-refractivity contribution in [3.8, 4) is 0 Å². The van der Waals surface area contributed by atoms with E-state index >= 15 is 0 Å². The van der Waals surface area contributed by atoms with Crippen LogP contribution in [0.5, 0.6) is 0 Å². The van der Waals surface area contributed by atoms with Crippen molar-refractivity contribution in [1.29, 1.82) is 0 Å². The first-order valence-electron chi connectivity index (χ1n) is 4.87. The molecule has 0 saturated heterocycles. The molecule has 0 aliphatic carbocycles. The van der Waals surface area contributed by atoms with E-state index in [1.807, 2.05) is 6.07 Å². The molecule has 0 spiro atoms. The molecule has 0 radical (unpaired) electrons. The van der Waals surface area contributed by atoms with Gasteiger partial charge < -0.3 is 10.1 Å². The van der Waals surface area contributed by atoms with Crippen molar-refractivity contribution in [1.82, 2.24) is 0 Å². The molecule has 0 saturated carbocycles. The molecule has 1 rings (SSSR count). The lowest BCUT2D eigenvalue weighted by Gasteiger charge is -2.19. The molecular weight excluding hydrogens is 174 g/mol. The fraction of sp³-hybridized carbons (Fsp3) is 0.500. The van der Waals surface area contributed by atoms with Crippen molar-refractivity contribution in [3.05, 3.63) is 29.8 Å². The minimum atomic E-state index is 0.199. The molecule has 1 N–H and O–H groups in total. The van der Waals surface area contributed by atoms with Crippen molar-refractivity contribution in [2.24, 2.45) is 0 Å². The van der Waals surface area contributed by atoms with Crippen LogP contribution in [-0.4, -0.2) is 13.8 Å². The van der Waals surface area contributed by atoms with E-state index in [0.29, 0.717) is 6.73 Å². The first kappa shape index (κ1) is 11.1. The molecule has 1 aromatic carbocycles. The van der Waals surface area contributed by atoms with Gasteiger partial charge in [-0.2, -0.15) is 0 Å². The van der Waals surface area contributed by atoms with Gasteiger partial charge in [-0.05, 0) is 23.1 Å². The van der Waals surface area contributed by atoms with E-state index in [4.69, 9.17) is 4.74 Å². The zero-order chi connectivity index (χ0) is 10.6. The van der Waals surface area contributed by atoms with Crippen LogP contribution in [0.25, 0.3) is 0 Å². The summed E-state index contributed by atoms with van der Waals surface area (Å²) in [5.41, 5.74) is 2.64. The lowest BCUT2D eigenvalue weighted by atomic mass is 9.87. The molecular formula is C12H19NO. The monoisotopic (exact) mass is 193 g/mol. The van der Waals surface area contributed by atoms with E-state index in [1.165, 1.54) is 5.56 Å². The topological polar surface area (TPSA) is 21.3 Å². The average molecular weight is 193 g/mol. The van der Waals surface area contributed by atoms with Gasteiger partial charge in [-0.1, -0.05) is 32.9 Å². The van der Waals surface area contributed by atoms with Crippen LogP contribution in [0.1, 0.15) is 26.3 Å². The Labute approximate surface area is 86.3 Å². The Morgan fingerprint density at radius 1 is 1.29 bits per heavy atom. The van der Waals surface area contributed by atoms with E-state index in [9.17, 15) is 0 Å². The zero-order valence-corrected chi connectivity index (χ0v) is 9.42. The van der Waals surface area contributed by atoms with Gasteiger partial charge in [0.1, 0.15) is 6.73 Å². The average Bonchev–Trinajstić information content (AvgIpc) is 2.14. The molecule has 0 bridgehead atoms. The van der Waals surface area contributed by atoms with Crippen LogP contribution in [0.15, 0.2) is 24.3 Å². The molecule has 0 aliphatic heterocycles. The highest BCUT2D eigenvalue weighted by atomic mass is 16.5. The minimum Gasteiger partial charge on any atom is -0.365 e. The summed E-state index contributed by atoms with van der Waals surface area (Å²) in [4.78, 5) is 0. The Morgan fingerprint density at radius 2 is 2.00 bits per heavy atom. The molecule has 1 aromatic rings. The van der Waals surface area contributed by atoms with Crippen LogP contribution in [0.4, 0.5) is 5.69 Å². The highest BCUT2D eigenvalue weighted by Gasteiger charge is 2.13. The Kier molecular flexibility index (Phi) is 3.53. The summed E-state index contributed by atoms with van der Waals surface area (Å²) < 4.78 is 4.96. The van der Waals surface area contributed by atoms with Crippen LogP contribution in [0, 0.1) is 0 Å². The minimum absolute atomic E-state index is 0.199. The molecule has 78 valence electrons. The maximum absolute atomic E-state index is 4.96. The lowest BCUT2D eigenvalue weighted by Crippen LogP contribution is -2.11. The van der Waals surface area contributed by atoms with E-state index in [2.05, 4.69) is 44.3 Å². The van der Waals surface area contributed by atoms with Crippen molar-refractivity contribution < 1.29 is 4.74 Å². The predicted octanol–water partition coefficient (Wildman–Crippen LogP) is 3.00. The largest absolute Gasteiger partial charge is 0.365 e. The molecule has 2 heteroatoms. The van der Waals surface area contributed by atoms with Gasteiger partial charge in [-0.3, -0.25) is 0 Å². The molecule has 0 atom stereocenters. The van der Waals surface area contributed by atoms with Crippen LogP contribution in [0.2, 0.25) is 0 Å². The zero-order valence-electron chi connectivity index (χ0n) is 9.42. The van der Waals surface area contributed by atoms with Gasteiger partial charge in [0.25, 0.3) is 0 Å². The summed E-state index contributed by atoms with van der Waals surface area (Å²) in [5.74, 6) is 0. The molecule has 2 nitrogen and oxygen atoms in total. The van der Waals surface area contributed by atoms with Crippen LogP contribution in [0.3, 0.4) is 0 Å². The SMILES string of the molecule is COCNc1cccc(C(C)(C)C)c1. The second-order valence-electron chi connectivity index (χ2n) is 4.44. The number of ether oxygens (including phenoxy) is 1. The smallest absolute Gasteiger partial charge is 0.116 e. The third kappa shape index (κ3) is 3.04. The Balaban J connectivity index is 2.79. The Morgan fingerprint density at radius 3 is 2.57 bits per heavy atom. The number of rotatable bonds is 3. The molecule has 0 heterocycles. The number of hydrogen-bond donors (Lipinski definition) is 1. The number of benzene rings is 1. The Bertz CT molecular complexity index is 289. The Hall–Kier alpha value is -1.02. The third-order valence-electron chi connectivity index (χ3n) is 2.15. The summed E-state index contributed by atoms with van der Waals surface area (Å²) in [6.07, 6.45) is 0. The first-order valence-corrected chi connectivity index (χ1v) is 4.87.